The van der Waals surface area contributed by atoms with Crippen LogP contribution in [0, 0.1) is 5.82 Å². The number of hydrogen-bond donors (Lipinski definition) is 0. The Morgan fingerprint density at radius 2 is 2.00 bits per heavy atom. The van der Waals surface area contributed by atoms with Crippen LogP contribution in [0.15, 0.2) is 42.6 Å². The molecule has 0 N–H and O–H groups in total. The van der Waals surface area contributed by atoms with E-state index in [9.17, 15) is 4.39 Å². The Balaban J connectivity index is 1.96. The fraction of sp³-hybridized carbons (Fsp3) is 0.250. The molecule has 0 aliphatic rings. The predicted molar refractivity (Wildman–Crippen MR) is 81.9 cm³/mol. The van der Waals surface area contributed by atoms with E-state index < -0.39 is 0 Å². The molecule has 108 valence electrons. The van der Waals surface area contributed by atoms with Crippen LogP contribution in [0.4, 0.5) is 4.39 Å². The van der Waals surface area contributed by atoms with E-state index in [2.05, 4.69) is 21.5 Å². The molecule has 3 nitrogen and oxygen atoms in total. The highest BCUT2D eigenvalue weighted by Gasteiger charge is 2.16. The Bertz CT molecular complexity index is 752. The molecule has 0 fully saturated rings. The minimum absolute atomic E-state index is 0.143. The summed E-state index contributed by atoms with van der Waals surface area (Å²) >= 11 is 6.01. The van der Waals surface area contributed by atoms with Gasteiger partial charge in [-0.25, -0.2) is 14.4 Å². The summed E-state index contributed by atoms with van der Waals surface area (Å²) in [4.78, 5) is 8.92. The maximum Gasteiger partial charge on any atom is 0.160 e. The minimum Gasteiger partial charge on any atom is -0.309 e. The molecule has 1 aromatic carbocycles. The fourth-order valence-corrected chi connectivity index (χ4v) is 2.78. The Morgan fingerprint density at radius 3 is 2.71 bits per heavy atom. The van der Waals surface area contributed by atoms with Crippen molar-refractivity contribution in [2.45, 2.75) is 25.3 Å². The lowest BCUT2D eigenvalue weighted by Crippen LogP contribution is -2.11. The molecule has 0 radical (unpaired) electrons. The van der Waals surface area contributed by atoms with Crippen molar-refractivity contribution in [3.05, 3.63) is 59.8 Å². The topological polar surface area (TPSA) is 30.7 Å². The standard InChI is InChI=1S/C16H15ClFN3/c1-11(9-12-4-6-13(18)7-5-12)21-15(10-17)20-14-3-2-8-19-16(14)21/h2-8,11H,9-10H2,1H3. The third-order valence-corrected chi connectivity index (χ3v) is 3.77. The van der Waals surface area contributed by atoms with Crippen molar-refractivity contribution in [1.82, 2.24) is 14.5 Å². The lowest BCUT2D eigenvalue weighted by molar-refractivity contribution is 0.539. The summed E-state index contributed by atoms with van der Waals surface area (Å²) in [6.45, 7) is 2.09. The first kappa shape index (κ1) is 14.0. The Hall–Kier alpha value is -1.94. The van der Waals surface area contributed by atoms with Gasteiger partial charge in [0.25, 0.3) is 0 Å². The first-order valence-corrected chi connectivity index (χ1v) is 7.34. The number of imidazole rings is 1. The molecule has 0 aliphatic heterocycles. The Morgan fingerprint density at radius 1 is 1.24 bits per heavy atom. The molecule has 2 heterocycles. The SMILES string of the molecule is CC(Cc1ccc(F)cc1)n1c(CCl)nc2cccnc21. The lowest BCUT2D eigenvalue weighted by atomic mass is 10.1. The normalized spacial score (nSPS) is 12.7. The predicted octanol–water partition coefficient (Wildman–Crippen LogP) is 4.11. The van der Waals surface area contributed by atoms with Crippen molar-refractivity contribution in [2.75, 3.05) is 0 Å². The van der Waals surface area contributed by atoms with E-state index in [1.807, 2.05) is 12.1 Å². The maximum atomic E-state index is 13.0. The molecule has 0 spiro atoms. The first-order valence-electron chi connectivity index (χ1n) is 6.81. The van der Waals surface area contributed by atoms with Crippen molar-refractivity contribution in [1.29, 1.82) is 0 Å². The third-order valence-electron chi connectivity index (χ3n) is 3.53. The van der Waals surface area contributed by atoms with E-state index in [1.165, 1.54) is 12.1 Å². The van der Waals surface area contributed by atoms with Crippen LogP contribution < -0.4 is 0 Å². The molecule has 2 aromatic heterocycles. The molecule has 21 heavy (non-hydrogen) atoms. The van der Waals surface area contributed by atoms with Gasteiger partial charge in [0.05, 0.1) is 5.88 Å². The van der Waals surface area contributed by atoms with Crippen LogP contribution >= 0.6 is 11.6 Å². The van der Waals surface area contributed by atoms with Gasteiger partial charge < -0.3 is 4.57 Å². The molecule has 1 unspecified atom stereocenters. The second-order valence-corrected chi connectivity index (χ2v) is 5.32. The summed E-state index contributed by atoms with van der Waals surface area (Å²) in [5, 5.41) is 0. The highest BCUT2D eigenvalue weighted by Crippen LogP contribution is 2.23. The van der Waals surface area contributed by atoms with Crippen molar-refractivity contribution < 1.29 is 4.39 Å². The quantitative estimate of drug-likeness (QED) is 0.679. The van der Waals surface area contributed by atoms with Crippen LogP contribution in [0.2, 0.25) is 0 Å². The largest absolute Gasteiger partial charge is 0.309 e. The van der Waals surface area contributed by atoms with E-state index in [-0.39, 0.29) is 11.9 Å². The molecule has 1 atom stereocenters. The van der Waals surface area contributed by atoms with E-state index in [1.54, 1.807) is 18.3 Å². The number of alkyl halides is 1. The van der Waals surface area contributed by atoms with Gasteiger partial charge >= 0.3 is 0 Å². The number of aromatic nitrogens is 3. The Kier molecular flexibility index (Phi) is 3.88. The molecule has 3 aromatic rings. The molecule has 5 heteroatoms. The number of benzene rings is 1. The number of rotatable bonds is 4. The van der Waals surface area contributed by atoms with Gasteiger partial charge in [0.2, 0.25) is 0 Å². The zero-order chi connectivity index (χ0) is 14.8. The second kappa shape index (κ2) is 5.82. The van der Waals surface area contributed by atoms with Crippen LogP contribution in [0.1, 0.15) is 24.4 Å². The van der Waals surface area contributed by atoms with Gasteiger partial charge in [0, 0.05) is 12.2 Å². The first-order chi connectivity index (χ1) is 10.2. The zero-order valence-corrected chi connectivity index (χ0v) is 12.4. The summed E-state index contributed by atoms with van der Waals surface area (Å²) in [6, 6.07) is 10.5. The van der Waals surface area contributed by atoms with Crippen molar-refractivity contribution >= 4 is 22.8 Å². The van der Waals surface area contributed by atoms with Crippen molar-refractivity contribution in [2.24, 2.45) is 0 Å². The molecule has 3 rings (SSSR count). The van der Waals surface area contributed by atoms with Gasteiger partial charge in [0.1, 0.15) is 17.2 Å². The van der Waals surface area contributed by atoms with E-state index in [4.69, 9.17) is 11.6 Å². The molecular formula is C16H15ClFN3. The van der Waals surface area contributed by atoms with Gasteiger partial charge in [-0.05, 0) is 43.2 Å². The molecule has 0 aliphatic carbocycles. The van der Waals surface area contributed by atoms with Crippen LogP contribution in [-0.4, -0.2) is 14.5 Å². The average Bonchev–Trinajstić information content (AvgIpc) is 2.88. The summed E-state index contributed by atoms with van der Waals surface area (Å²) < 4.78 is 15.0. The molecule has 0 saturated carbocycles. The fourth-order valence-electron chi connectivity index (χ4n) is 2.59. The summed E-state index contributed by atoms with van der Waals surface area (Å²) in [5.74, 6) is 0.923. The van der Waals surface area contributed by atoms with Crippen molar-refractivity contribution in [3.63, 3.8) is 0 Å². The summed E-state index contributed by atoms with van der Waals surface area (Å²) in [7, 11) is 0. The van der Waals surface area contributed by atoms with Crippen LogP contribution in [0.3, 0.4) is 0 Å². The number of nitrogens with zero attached hydrogens (tertiary/aromatic N) is 3. The van der Waals surface area contributed by atoms with E-state index >= 15 is 0 Å². The van der Waals surface area contributed by atoms with E-state index in [0.717, 1.165) is 29.0 Å². The highest BCUT2D eigenvalue weighted by molar-refractivity contribution is 6.16. The number of halogens is 2. The molecule has 0 bridgehead atoms. The monoisotopic (exact) mass is 303 g/mol. The molecule has 0 amide bonds. The number of fused-ring (bicyclic) bond motifs is 1. The van der Waals surface area contributed by atoms with Gasteiger partial charge in [-0.15, -0.1) is 11.6 Å². The summed E-state index contributed by atoms with van der Waals surface area (Å²) in [5.41, 5.74) is 2.75. The summed E-state index contributed by atoms with van der Waals surface area (Å²) in [6.07, 6.45) is 2.52. The third kappa shape index (κ3) is 2.76. The molecule has 0 saturated heterocycles. The van der Waals surface area contributed by atoms with Gasteiger partial charge in [-0.2, -0.15) is 0 Å². The number of hydrogen-bond acceptors (Lipinski definition) is 2. The molecular weight excluding hydrogens is 289 g/mol. The van der Waals surface area contributed by atoms with Gasteiger partial charge in [-0.1, -0.05) is 12.1 Å². The zero-order valence-electron chi connectivity index (χ0n) is 11.6. The van der Waals surface area contributed by atoms with Crippen LogP contribution in [0.25, 0.3) is 11.2 Å². The highest BCUT2D eigenvalue weighted by atomic mass is 35.5. The van der Waals surface area contributed by atoms with Crippen LogP contribution in [-0.2, 0) is 12.3 Å². The Labute approximate surface area is 127 Å². The minimum atomic E-state index is -0.220. The van der Waals surface area contributed by atoms with Crippen LogP contribution in [0.5, 0.6) is 0 Å². The lowest BCUT2D eigenvalue weighted by Gasteiger charge is -2.16. The number of pyridine rings is 1. The van der Waals surface area contributed by atoms with E-state index in [0.29, 0.717) is 5.88 Å². The average molecular weight is 304 g/mol. The maximum absolute atomic E-state index is 13.0. The van der Waals surface area contributed by atoms with Crippen molar-refractivity contribution in [3.8, 4) is 0 Å². The second-order valence-electron chi connectivity index (χ2n) is 5.06. The van der Waals surface area contributed by atoms with Gasteiger partial charge in [-0.3, -0.25) is 0 Å². The smallest absolute Gasteiger partial charge is 0.160 e. The van der Waals surface area contributed by atoms with Gasteiger partial charge in [0.15, 0.2) is 5.65 Å².